The molecule has 0 aromatic heterocycles. The van der Waals surface area contributed by atoms with Gasteiger partial charge in [0.25, 0.3) is 0 Å². The van der Waals surface area contributed by atoms with E-state index in [1.54, 1.807) is 0 Å². The summed E-state index contributed by atoms with van der Waals surface area (Å²) in [5, 5.41) is 9.33. The van der Waals surface area contributed by atoms with Gasteiger partial charge in [0.15, 0.2) is 0 Å². The monoisotopic (exact) mass is 376 g/mol. The van der Waals surface area contributed by atoms with Crippen LogP contribution in [0.4, 0.5) is 4.39 Å². The molecule has 0 spiro atoms. The van der Waals surface area contributed by atoms with E-state index in [0.717, 1.165) is 49.6 Å². The minimum Gasteiger partial charge on any atom is -0.507 e. The van der Waals surface area contributed by atoms with Crippen LogP contribution in [0.1, 0.15) is 63.7 Å². The third-order valence-corrected chi connectivity index (χ3v) is 4.76. The Morgan fingerprint density at radius 3 is 2.31 bits per heavy atom. The largest absolute Gasteiger partial charge is 0.507 e. The quantitative estimate of drug-likeness (QED) is 0.480. The van der Waals surface area contributed by atoms with E-state index >= 15 is 0 Å². The molecule has 0 aliphatic rings. The van der Waals surface area contributed by atoms with Crippen molar-refractivity contribution in [3.63, 3.8) is 0 Å². The van der Waals surface area contributed by atoms with Crippen molar-refractivity contribution in [1.29, 1.82) is 0 Å². The lowest BCUT2D eigenvalue weighted by atomic mass is 10.1. The van der Waals surface area contributed by atoms with Gasteiger partial charge in [0.2, 0.25) is 5.12 Å². The fourth-order valence-electron chi connectivity index (χ4n) is 2.35. The summed E-state index contributed by atoms with van der Waals surface area (Å²) in [7, 11) is 0. The van der Waals surface area contributed by atoms with Gasteiger partial charge in [-0.05, 0) is 71.6 Å². The van der Waals surface area contributed by atoms with E-state index in [1.807, 2.05) is 6.08 Å². The molecule has 0 saturated carbocycles. The maximum atomic E-state index is 13.2. The number of halogens is 1. The van der Waals surface area contributed by atoms with Crippen molar-refractivity contribution in [2.24, 2.45) is 0 Å². The van der Waals surface area contributed by atoms with Gasteiger partial charge in [0.1, 0.15) is 11.6 Å². The predicted molar refractivity (Wildman–Crippen MR) is 110 cm³/mol. The molecule has 4 heteroatoms. The third kappa shape index (κ3) is 9.04. The van der Waals surface area contributed by atoms with Crippen molar-refractivity contribution < 1.29 is 14.3 Å². The minimum absolute atomic E-state index is 0.0241. The van der Waals surface area contributed by atoms with Gasteiger partial charge in [-0.3, -0.25) is 4.79 Å². The number of phenolic OH excluding ortho intramolecular Hbond substituents is 1. The SMILES string of the molecule is CC(C)=CCCC(C)=CCCC(C)=CCSC(=O)c1cc(F)ccc1O. The molecule has 1 aromatic carbocycles. The fourth-order valence-corrected chi connectivity index (χ4v) is 3.19. The highest BCUT2D eigenvalue weighted by Crippen LogP contribution is 2.23. The maximum Gasteiger partial charge on any atom is 0.223 e. The highest BCUT2D eigenvalue weighted by atomic mass is 32.2. The van der Waals surface area contributed by atoms with E-state index in [4.69, 9.17) is 0 Å². The van der Waals surface area contributed by atoms with Crippen LogP contribution in [0.5, 0.6) is 5.75 Å². The Labute approximate surface area is 160 Å². The number of hydrogen-bond acceptors (Lipinski definition) is 3. The van der Waals surface area contributed by atoms with Gasteiger partial charge in [-0.1, -0.05) is 46.7 Å². The Hall–Kier alpha value is -1.81. The first-order chi connectivity index (χ1) is 12.3. The number of carbonyl (C=O) groups excluding carboxylic acids is 1. The zero-order valence-corrected chi connectivity index (χ0v) is 17.0. The normalized spacial score (nSPS) is 12.2. The van der Waals surface area contributed by atoms with Gasteiger partial charge < -0.3 is 5.11 Å². The molecule has 0 fully saturated rings. The Balaban J connectivity index is 2.38. The van der Waals surface area contributed by atoms with Crippen molar-refractivity contribution in [2.45, 2.75) is 53.4 Å². The first-order valence-electron chi connectivity index (χ1n) is 8.90. The van der Waals surface area contributed by atoms with E-state index in [0.29, 0.717) is 5.75 Å². The lowest BCUT2D eigenvalue weighted by Gasteiger charge is -2.03. The van der Waals surface area contributed by atoms with Crippen LogP contribution in [0.15, 0.2) is 53.1 Å². The van der Waals surface area contributed by atoms with Crippen molar-refractivity contribution in [1.82, 2.24) is 0 Å². The van der Waals surface area contributed by atoms with Gasteiger partial charge in [-0.25, -0.2) is 4.39 Å². The molecule has 142 valence electrons. The number of aromatic hydroxyl groups is 1. The Bertz CT molecular complexity index is 698. The zero-order chi connectivity index (χ0) is 19.5. The molecule has 0 saturated heterocycles. The van der Waals surface area contributed by atoms with Gasteiger partial charge in [0, 0.05) is 5.75 Å². The second-order valence-electron chi connectivity index (χ2n) is 6.72. The standard InChI is InChI=1S/C22H29FO2S/c1-16(2)7-5-8-17(3)9-6-10-18(4)13-14-26-22(25)20-15-19(23)11-12-21(20)24/h7,9,11-13,15,24H,5-6,8,10,14H2,1-4H3. The zero-order valence-electron chi connectivity index (χ0n) is 16.1. The summed E-state index contributed by atoms with van der Waals surface area (Å²) < 4.78 is 13.2. The summed E-state index contributed by atoms with van der Waals surface area (Å²) in [5.74, 6) is -0.187. The fraction of sp³-hybridized carbons (Fsp3) is 0.409. The molecule has 0 amide bonds. The molecule has 1 rings (SSSR count). The van der Waals surface area contributed by atoms with E-state index in [-0.39, 0.29) is 16.4 Å². The van der Waals surface area contributed by atoms with Crippen molar-refractivity contribution >= 4 is 16.9 Å². The van der Waals surface area contributed by atoms with Crippen LogP contribution in [0, 0.1) is 5.82 Å². The number of carbonyl (C=O) groups is 1. The second kappa shape index (κ2) is 11.7. The number of thioether (sulfide) groups is 1. The molecule has 0 bridgehead atoms. The number of benzene rings is 1. The molecule has 0 radical (unpaired) electrons. The van der Waals surface area contributed by atoms with Crippen LogP contribution in [-0.2, 0) is 0 Å². The third-order valence-electron chi connectivity index (χ3n) is 3.95. The summed E-state index contributed by atoms with van der Waals surface area (Å²) in [6.07, 6.45) is 10.7. The number of hydrogen-bond donors (Lipinski definition) is 1. The maximum absolute atomic E-state index is 13.2. The van der Waals surface area contributed by atoms with Crippen LogP contribution in [0.25, 0.3) is 0 Å². The summed E-state index contributed by atoms with van der Waals surface area (Å²) in [6, 6.07) is 3.41. The second-order valence-corrected chi connectivity index (χ2v) is 7.71. The van der Waals surface area contributed by atoms with Crippen molar-refractivity contribution in [2.75, 3.05) is 5.75 Å². The van der Waals surface area contributed by atoms with Gasteiger partial charge >= 0.3 is 0 Å². The summed E-state index contributed by atoms with van der Waals surface area (Å²) >= 11 is 1.07. The van der Waals surface area contributed by atoms with E-state index in [2.05, 4.69) is 39.8 Å². The van der Waals surface area contributed by atoms with Crippen LogP contribution < -0.4 is 0 Å². The van der Waals surface area contributed by atoms with Crippen LogP contribution >= 0.6 is 11.8 Å². The smallest absolute Gasteiger partial charge is 0.223 e. The average molecular weight is 377 g/mol. The number of rotatable bonds is 9. The Morgan fingerprint density at radius 1 is 1.04 bits per heavy atom. The molecule has 2 nitrogen and oxygen atoms in total. The lowest BCUT2D eigenvalue weighted by Crippen LogP contribution is -1.96. The van der Waals surface area contributed by atoms with Crippen LogP contribution in [0.3, 0.4) is 0 Å². The lowest BCUT2D eigenvalue weighted by molar-refractivity contribution is 0.108. The molecule has 0 heterocycles. The molecular weight excluding hydrogens is 347 g/mol. The van der Waals surface area contributed by atoms with Gasteiger partial charge in [-0.15, -0.1) is 0 Å². The topological polar surface area (TPSA) is 37.3 Å². The molecule has 0 aliphatic carbocycles. The number of allylic oxidation sites excluding steroid dienone is 5. The molecule has 1 aromatic rings. The van der Waals surface area contributed by atoms with Crippen LogP contribution in [-0.4, -0.2) is 16.0 Å². The highest BCUT2D eigenvalue weighted by Gasteiger charge is 2.12. The van der Waals surface area contributed by atoms with E-state index < -0.39 is 5.82 Å². The molecule has 0 aliphatic heterocycles. The van der Waals surface area contributed by atoms with Crippen LogP contribution in [0.2, 0.25) is 0 Å². The van der Waals surface area contributed by atoms with Gasteiger partial charge in [0.05, 0.1) is 5.56 Å². The molecule has 26 heavy (non-hydrogen) atoms. The van der Waals surface area contributed by atoms with Crippen molar-refractivity contribution in [3.05, 3.63) is 64.5 Å². The highest BCUT2D eigenvalue weighted by molar-refractivity contribution is 8.14. The van der Waals surface area contributed by atoms with E-state index in [1.165, 1.54) is 22.8 Å². The van der Waals surface area contributed by atoms with E-state index in [9.17, 15) is 14.3 Å². The Morgan fingerprint density at radius 2 is 1.65 bits per heavy atom. The van der Waals surface area contributed by atoms with Crippen molar-refractivity contribution in [3.8, 4) is 5.75 Å². The number of phenols is 1. The predicted octanol–water partition coefficient (Wildman–Crippen LogP) is 6.82. The summed E-state index contributed by atoms with van der Waals surface area (Å²) in [5.41, 5.74) is 4.01. The minimum atomic E-state index is -0.523. The Kier molecular flexibility index (Phi) is 10.0. The summed E-state index contributed by atoms with van der Waals surface area (Å²) in [4.78, 5) is 12.0. The molecule has 0 atom stereocenters. The molecule has 1 N–H and O–H groups in total. The molecule has 0 unspecified atom stereocenters. The summed E-state index contributed by atoms with van der Waals surface area (Å²) in [6.45, 7) is 8.45. The molecular formula is C22H29FO2S. The average Bonchev–Trinajstić information content (AvgIpc) is 2.56. The first-order valence-corrected chi connectivity index (χ1v) is 9.88. The first kappa shape index (κ1) is 22.2. The van der Waals surface area contributed by atoms with Gasteiger partial charge in [-0.2, -0.15) is 0 Å².